The summed E-state index contributed by atoms with van der Waals surface area (Å²) in [6.45, 7) is 0.389. The molecule has 1 N–H and O–H groups in total. The monoisotopic (exact) mass is 353 g/mol. The molecule has 7 heteroatoms. The first-order chi connectivity index (χ1) is 8.57. The molecule has 0 amide bonds. The van der Waals surface area contributed by atoms with Gasteiger partial charge in [0, 0.05) is 17.1 Å². The van der Waals surface area contributed by atoms with Gasteiger partial charge < -0.3 is 5.11 Å². The fourth-order valence-electron chi connectivity index (χ4n) is 2.22. The molecule has 0 spiro atoms. The van der Waals surface area contributed by atoms with Crippen molar-refractivity contribution in [3.05, 3.63) is 15.9 Å². The second-order valence-corrected chi connectivity index (χ2v) is 8.21. The molecule has 0 bridgehead atoms. The van der Waals surface area contributed by atoms with Crippen LogP contribution < -0.4 is 0 Å². The van der Waals surface area contributed by atoms with Crippen molar-refractivity contribution in [3.63, 3.8) is 0 Å². The molecule has 0 aromatic carbocycles. The summed E-state index contributed by atoms with van der Waals surface area (Å²) >= 11 is 4.48. The Kier molecular flexibility index (Phi) is 4.82. The summed E-state index contributed by atoms with van der Waals surface area (Å²) in [6.07, 6.45) is 3.59. The van der Waals surface area contributed by atoms with Crippen LogP contribution in [0.15, 0.2) is 20.1 Å². The summed E-state index contributed by atoms with van der Waals surface area (Å²) in [5, 5.41) is 11.2. The van der Waals surface area contributed by atoms with Crippen molar-refractivity contribution in [2.45, 2.75) is 35.9 Å². The molecule has 1 atom stereocenters. The van der Waals surface area contributed by atoms with Gasteiger partial charge in [-0.25, -0.2) is 8.42 Å². The van der Waals surface area contributed by atoms with E-state index in [2.05, 4.69) is 15.9 Å². The molecular weight excluding hydrogens is 338 g/mol. The highest BCUT2D eigenvalue weighted by Crippen LogP contribution is 2.32. The maximum atomic E-state index is 12.6. The molecular formula is C11H16BrNO3S2. The average molecular weight is 354 g/mol. The molecule has 0 saturated carbocycles. The van der Waals surface area contributed by atoms with Gasteiger partial charge in [-0.05, 0) is 40.2 Å². The van der Waals surface area contributed by atoms with Crippen molar-refractivity contribution in [3.8, 4) is 0 Å². The van der Waals surface area contributed by atoms with Crippen molar-refractivity contribution in [1.82, 2.24) is 4.31 Å². The van der Waals surface area contributed by atoms with Gasteiger partial charge in [0.05, 0.1) is 6.61 Å². The summed E-state index contributed by atoms with van der Waals surface area (Å²) in [5.74, 6) is 0. The lowest BCUT2D eigenvalue weighted by atomic mass is 10.1. The van der Waals surface area contributed by atoms with Gasteiger partial charge >= 0.3 is 0 Å². The summed E-state index contributed by atoms with van der Waals surface area (Å²) in [5.41, 5.74) is 0. The number of aliphatic hydroxyl groups is 1. The first-order valence-corrected chi connectivity index (χ1v) is 9.04. The van der Waals surface area contributed by atoms with Crippen LogP contribution in [0.25, 0.3) is 0 Å². The zero-order valence-corrected chi connectivity index (χ0v) is 13.1. The van der Waals surface area contributed by atoms with Crippen LogP contribution in [0.4, 0.5) is 0 Å². The third-order valence-electron chi connectivity index (χ3n) is 3.16. The van der Waals surface area contributed by atoms with Gasteiger partial charge in [-0.15, -0.1) is 11.3 Å². The average Bonchev–Trinajstić information content (AvgIpc) is 2.65. The minimum Gasteiger partial charge on any atom is -0.395 e. The highest BCUT2D eigenvalue weighted by molar-refractivity contribution is 9.10. The van der Waals surface area contributed by atoms with Crippen LogP contribution in [0.1, 0.15) is 25.7 Å². The number of halogens is 1. The predicted molar refractivity (Wildman–Crippen MR) is 75.3 cm³/mol. The Balaban J connectivity index is 2.35. The minimum absolute atomic E-state index is 0.109. The molecule has 1 unspecified atom stereocenters. The Bertz CT molecular complexity index is 500. The third kappa shape index (κ3) is 2.80. The molecule has 2 heterocycles. The molecule has 0 radical (unpaired) electrons. The Morgan fingerprint density at radius 3 is 2.83 bits per heavy atom. The maximum absolute atomic E-state index is 12.6. The molecule has 1 fully saturated rings. The summed E-state index contributed by atoms with van der Waals surface area (Å²) < 4.78 is 27.6. The van der Waals surface area contributed by atoms with E-state index in [-0.39, 0.29) is 12.6 Å². The topological polar surface area (TPSA) is 57.6 Å². The first kappa shape index (κ1) is 14.5. The smallest absolute Gasteiger partial charge is 0.254 e. The van der Waals surface area contributed by atoms with E-state index in [1.54, 1.807) is 11.4 Å². The molecule has 2 rings (SSSR count). The highest BCUT2D eigenvalue weighted by Gasteiger charge is 2.33. The standard InChI is InChI=1S/C11H16BrNO3S2/c12-10-5-7-17-11(10)18(15,16)13-6-3-1-2-4-9(13)8-14/h5,7,9,14H,1-4,6,8H2. The number of thiophene rings is 1. The number of sulfonamides is 1. The summed E-state index contributed by atoms with van der Waals surface area (Å²) in [7, 11) is -3.49. The Hall–Kier alpha value is 0.0500. The molecule has 1 aromatic rings. The predicted octanol–water partition coefficient (Wildman–Crippen LogP) is 2.44. The normalized spacial score (nSPS) is 22.9. The zero-order valence-electron chi connectivity index (χ0n) is 9.88. The van der Waals surface area contributed by atoms with Crippen LogP contribution in [-0.2, 0) is 10.0 Å². The van der Waals surface area contributed by atoms with E-state index in [0.717, 1.165) is 25.7 Å². The SMILES string of the molecule is O=S(=O)(c1sccc1Br)N1CCCCCC1CO. The van der Waals surface area contributed by atoms with Crippen LogP contribution in [0.2, 0.25) is 0 Å². The second kappa shape index (κ2) is 6.00. The number of aliphatic hydroxyl groups excluding tert-OH is 1. The zero-order chi connectivity index (χ0) is 13.2. The fourth-order valence-corrected chi connectivity index (χ4v) is 6.33. The Morgan fingerprint density at radius 2 is 2.22 bits per heavy atom. The van der Waals surface area contributed by atoms with Crippen molar-refractivity contribution in [1.29, 1.82) is 0 Å². The van der Waals surface area contributed by atoms with Crippen LogP contribution in [-0.4, -0.2) is 37.0 Å². The van der Waals surface area contributed by atoms with Gasteiger partial charge in [0.2, 0.25) is 0 Å². The fraction of sp³-hybridized carbons (Fsp3) is 0.636. The summed E-state index contributed by atoms with van der Waals surface area (Å²) in [6, 6.07) is 1.45. The first-order valence-electron chi connectivity index (χ1n) is 5.93. The van der Waals surface area contributed by atoms with E-state index in [0.29, 0.717) is 15.2 Å². The Morgan fingerprint density at radius 1 is 1.44 bits per heavy atom. The number of hydrogen-bond acceptors (Lipinski definition) is 4. The van der Waals surface area contributed by atoms with E-state index in [4.69, 9.17) is 0 Å². The lowest BCUT2D eigenvalue weighted by Gasteiger charge is -2.27. The van der Waals surface area contributed by atoms with Crippen molar-refractivity contribution in [2.75, 3.05) is 13.2 Å². The highest BCUT2D eigenvalue weighted by atomic mass is 79.9. The van der Waals surface area contributed by atoms with E-state index in [1.165, 1.54) is 15.6 Å². The van der Waals surface area contributed by atoms with E-state index in [1.807, 2.05) is 0 Å². The van der Waals surface area contributed by atoms with Gasteiger partial charge in [-0.3, -0.25) is 0 Å². The molecule has 1 aliphatic rings. The molecule has 18 heavy (non-hydrogen) atoms. The van der Waals surface area contributed by atoms with Crippen LogP contribution in [0.3, 0.4) is 0 Å². The van der Waals surface area contributed by atoms with Crippen molar-refractivity contribution < 1.29 is 13.5 Å². The third-order valence-corrected chi connectivity index (χ3v) is 7.76. The quantitative estimate of drug-likeness (QED) is 0.907. The molecule has 0 aliphatic carbocycles. The second-order valence-electron chi connectivity index (χ2n) is 4.36. The molecule has 1 saturated heterocycles. The van der Waals surface area contributed by atoms with Gasteiger partial charge in [0.25, 0.3) is 10.0 Å². The van der Waals surface area contributed by atoms with Crippen LogP contribution in [0.5, 0.6) is 0 Å². The number of rotatable bonds is 3. The van der Waals surface area contributed by atoms with E-state index < -0.39 is 10.0 Å². The largest absolute Gasteiger partial charge is 0.395 e. The van der Waals surface area contributed by atoms with Crippen LogP contribution >= 0.6 is 27.3 Å². The van der Waals surface area contributed by atoms with E-state index >= 15 is 0 Å². The Labute approximate surface area is 120 Å². The molecule has 1 aromatic heterocycles. The van der Waals surface area contributed by atoms with Gasteiger partial charge in [0.15, 0.2) is 0 Å². The minimum atomic E-state index is -3.49. The lowest BCUT2D eigenvalue weighted by molar-refractivity contribution is 0.186. The molecule has 1 aliphatic heterocycles. The van der Waals surface area contributed by atoms with Gasteiger partial charge in [-0.2, -0.15) is 4.31 Å². The van der Waals surface area contributed by atoms with E-state index in [9.17, 15) is 13.5 Å². The van der Waals surface area contributed by atoms with Crippen molar-refractivity contribution in [2.24, 2.45) is 0 Å². The molecule has 102 valence electrons. The maximum Gasteiger partial charge on any atom is 0.254 e. The lowest BCUT2D eigenvalue weighted by Crippen LogP contribution is -2.41. The summed E-state index contributed by atoms with van der Waals surface area (Å²) in [4.78, 5) is 0. The van der Waals surface area contributed by atoms with Crippen molar-refractivity contribution >= 4 is 37.3 Å². The number of nitrogens with zero attached hydrogens (tertiary/aromatic N) is 1. The molecule has 4 nitrogen and oxygen atoms in total. The van der Waals surface area contributed by atoms with Crippen LogP contribution in [0, 0.1) is 0 Å². The number of hydrogen-bond donors (Lipinski definition) is 1. The van der Waals surface area contributed by atoms with Gasteiger partial charge in [-0.1, -0.05) is 12.8 Å². The van der Waals surface area contributed by atoms with Gasteiger partial charge in [0.1, 0.15) is 4.21 Å².